The van der Waals surface area contributed by atoms with Crippen molar-refractivity contribution >= 4 is 5.69 Å². The number of rotatable bonds is 5. The summed E-state index contributed by atoms with van der Waals surface area (Å²) in [5.41, 5.74) is 1.06. The number of hydrogen-bond donors (Lipinski definition) is 1. The van der Waals surface area contributed by atoms with Crippen LogP contribution in [0.25, 0.3) is 5.82 Å². The lowest BCUT2D eigenvalue weighted by atomic mass is 10.1. The molecule has 1 N–H and O–H groups in total. The molecule has 2 heterocycles. The second kappa shape index (κ2) is 5.67. The molecule has 96 valence electrons. The predicted molar refractivity (Wildman–Crippen MR) is 73.9 cm³/mol. The summed E-state index contributed by atoms with van der Waals surface area (Å²) < 4.78 is 1.89. The van der Waals surface area contributed by atoms with Gasteiger partial charge in [0.1, 0.15) is 12.1 Å². The fourth-order valence-corrected chi connectivity index (χ4v) is 2.07. The van der Waals surface area contributed by atoms with Crippen molar-refractivity contribution in [2.24, 2.45) is 5.92 Å². The number of aromatic nitrogens is 3. The average Bonchev–Trinajstić information content (AvgIpc) is 2.82. The van der Waals surface area contributed by atoms with Gasteiger partial charge in [-0.25, -0.2) is 9.97 Å². The van der Waals surface area contributed by atoms with Crippen molar-refractivity contribution < 1.29 is 0 Å². The Hall–Kier alpha value is -1.84. The predicted octanol–water partition coefficient (Wildman–Crippen LogP) is 3.11. The topological polar surface area (TPSA) is 42.7 Å². The fourth-order valence-electron chi connectivity index (χ4n) is 2.07. The minimum Gasteiger partial charge on any atom is -0.381 e. The summed E-state index contributed by atoms with van der Waals surface area (Å²) in [7, 11) is 0. The van der Waals surface area contributed by atoms with E-state index in [0.717, 1.165) is 17.9 Å². The van der Waals surface area contributed by atoms with Crippen LogP contribution in [-0.2, 0) is 0 Å². The zero-order valence-corrected chi connectivity index (χ0v) is 11.2. The van der Waals surface area contributed by atoms with E-state index in [-0.39, 0.29) is 0 Å². The summed E-state index contributed by atoms with van der Waals surface area (Å²) in [5.74, 6) is 1.58. The number of nitrogens with zero attached hydrogens (tertiary/aromatic N) is 3. The first-order valence-electron chi connectivity index (χ1n) is 6.36. The Morgan fingerprint density at radius 2 is 2.11 bits per heavy atom. The maximum atomic E-state index is 4.41. The summed E-state index contributed by atoms with van der Waals surface area (Å²) in [5, 5.41) is 3.46. The van der Waals surface area contributed by atoms with Crippen LogP contribution in [-0.4, -0.2) is 20.6 Å². The Kier molecular flexibility index (Phi) is 3.97. The number of imidazole rings is 1. The first-order chi connectivity index (χ1) is 8.65. The van der Waals surface area contributed by atoms with Gasteiger partial charge in [0.25, 0.3) is 0 Å². The highest BCUT2D eigenvalue weighted by atomic mass is 15.1. The van der Waals surface area contributed by atoms with E-state index in [1.807, 2.05) is 23.0 Å². The summed E-state index contributed by atoms with van der Waals surface area (Å²) in [6.07, 6.45) is 8.40. The van der Waals surface area contributed by atoms with Crippen LogP contribution in [0.4, 0.5) is 5.69 Å². The molecular weight excluding hydrogens is 224 g/mol. The molecule has 4 nitrogen and oxygen atoms in total. The molecule has 2 aromatic heterocycles. The Labute approximate surface area is 108 Å². The summed E-state index contributed by atoms with van der Waals surface area (Å²) in [6, 6.07) is 4.51. The monoisotopic (exact) mass is 244 g/mol. The van der Waals surface area contributed by atoms with Gasteiger partial charge in [-0.3, -0.25) is 4.57 Å². The first kappa shape index (κ1) is 12.6. The van der Waals surface area contributed by atoms with E-state index in [1.165, 1.54) is 0 Å². The van der Waals surface area contributed by atoms with E-state index < -0.39 is 0 Å². The van der Waals surface area contributed by atoms with Gasteiger partial charge in [0.15, 0.2) is 0 Å². The average molecular weight is 244 g/mol. The summed E-state index contributed by atoms with van der Waals surface area (Å²) in [4.78, 5) is 8.42. The molecule has 0 aliphatic heterocycles. The summed E-state index contributed by atoms with van der Waals surface area (Å²) in [6.45, 7) is 6.67. The third-order valence-corrected chi connectivity index (χ3v) is 2.75. The van der Waals surface area contributed by atoms with E-state index in [0.29, 0.717) is 12.0 Å². The van der Waals surface area contributed by atoms with Crippen LogP contribution in [0.3, 0.4) is 0 Å². The van der Waals surface area contributed by atoms with Crippen LogP contribution in [0, 0.1) is 5.92 Å². The van der Waals surface area contributed by atoms with Crippen LogP contribution in [0.15, 0.2) is 37.1 Å². The second-order valence-corrected chi connectivity index (χ2v) is 5.05. The van der Waals surface area contributed by atoms with Gasteiger partial charge >= 0.3 is 0 Å². The zero-order chi connectivity index (χ0) is 13.0. The highest BCUT2D eigenvalue weighted by molar-refractivity contribution is 5.44. The number of anilines is 1. The number of pyridine rings is 1. The van der Waals surface area contributed by atoms with Crippen LogP contribution in [0.1, 0.15) is 27.2 Å². The molecule has 0 aliphatic rings. The van der Waals surface area contributed by atoms with Crippen LogP contribution < -0.4 is 5.32 Å². The van der Waals surface area contributed by atoms with E-state index in [9.17, 15) is 0 Å². The molecule has 18 heavy (non-hydrogen) atoms. The highest BCUT2D eigenvalue weighted by Gasteiger charge is 2.05. The fraction of sp³-hybridized carbons (Fsp3) is 0.429. The third kappa shape index (κ3) is 3.32. The van der Waals surface area contributed by atoms with Gasteiger partial charge in [-0.15, -0.1) is 0 Å². The van der Waals surface area contributed by atoms with Crippen molar-refractivity contribution in [3.63, 3.8) is 0 Å². The van der Waals surface area contributed by atoms with Crippen molar-refractivity contribution in [2.75, 3.05) is 5.32 Å². The molecule has 0 bridgehead atoms. The van der Waals surface area contributed by atoms with E-state index in [4.69, 9.17) is 0 Å². The Bertz CT molecular complexity index is 459. The molecule has 0 fully saturated rings. The Balaban J connectivity index is 2.00. The van der Waals surface area contributed by atoms with Crippen molar-refractivity contribution in [3.8, 4) is 5.82 Å². The molecule has 2 aromatic rings. The number of hydrogen-bond acceptors (Lipinski definition) is 3. The minimum atomic E-state index is 0.464. The molecular formula is C14H20N4. The lowest BCUT2D eigenvalue weighted by molar-refractivity contribution is 0.539. The molecule has 0 radical (unpaired) electrons. The summed E-state index contributed by atoms with van der Waals surface area (Å²) >= 11 is 0. The maximum absolute atomic E-state index is 4.41. The quantitative estimate of drug-likeness (QED) is 0.878. The van der Waals surface area contributed by atoms with E-state index in [2.05, 4.69) is 42.1 Å². The molecule has 0 spiro atoms. The molecule has 0 aromatic carbocycles. The molecule has 2 rings (SSSR count). The molecule has 0 amide bonds. The van der Waals surface area contributed by atoms with E-state index in [1.54, 1.807) is 12.5 Å². The maximum Gasteiger partial charge on any atom is 0.137 e. The normalized spacial score (nSPS) is 12.7. The largest absolute Gasteiger partial charge is 0.381 e. The van der Waals surface area contributed by atoms with Crippen molar-refractivity contribution in [2.45, 2.75) is 33.2 Å². The molecule has 0 saturated carbocycles. The van der Waals surface area contributed by atoms with Crippen LogP contribution in [0.2, 0.25) is 0 Å². The molecule has 1 atom stereocenters. The zero-order valence-electron chi connectivity index (χ0n) is 11.2. The Morgan fingerprint density at radius 1 is 1.28 bits per heavy atom. The molecule has 0 saturated heterocycles. The minimum absolute atomic E-state index is 0.464. The third-order valence-electron chi connectivity index (χ3n) is 2.75. The molecule has 1 unspecified atom stereocenters. The van der Waals surface area contributed by atoms with Gasteiger partial charge in [-0.2, -0.15) is 0 Å². The van der Waals surface area contributed by atoms with Crippen LogP contribution >= 0.6 is 0 Å². The molecule has 4 heteroatoms. The van der Waals surface area contributed by atoms with Gasteiger partial charge < -0.3 is 5.32 Å². The highest BCUT2D eigenvalue weighted by Crippen LogP contribution is 2.13. The Morgan fingerprint density at radius 3 is 2.67 bits per heavy atom. The van der Waals surface area contributed by atoms with Crippen LogP contribution in [0.5, 0.6) is 0 Å². The van der Waals surface area contributed by atoms with Gasteiger partial charge in [0.05, 0.1) is 11.9 Å². The number of nitrogens with one attached hydrogen (secondary N) is 1. The molecule has 0 aliphatic carbocycles. The van der Waals surface area contributed by atoms with E-state index >= 15 is 0 Å². The van der Waals surface area contributed by atoms with Crippen molar-refractivity contribution in [3.05, 3.63) is 37.1 Å². The SMILES string of the molecule is CC(C)CC(C)Nc1ccc(-n2ccnc2)nc1. The van der Waals surface area contributed by atoms with Gasteiger partial charge in [-0.1, -0.05) is 13.8 Å². The lowest BCUT2D eigenvalue weighted by Gasteiger charge is -2.17. The van der Waals surface area contributed by atoms with Gasteiger partial charge in [0.2, 0.25) is 0 Å². The second-order valence-electron chi connectivity index (χ2n) is 5.05. The first-order valence-corrected chi connectivity index (χ1v) is 6.36. The van der Waals surface area contributed by atoms with Crippen molar-refractivity contribution in [1.29, 1.82) is 0 Å². The van der Waals surface area contributed by atoms with Gasteiger partial charge in [-0.05, 0) is 31.4 Å². The van der Waals surface area contributed by atoms with Crippen molar-refractivity contribution in [1.82, 2.24) is 14.5 Å². The standard InChI is InChI=1S/C14H20N4/c1-11(2)8-12(3)17-13-4-5-14(16-9-13)18-7-6-15-10-18/h4-7,9-12,17H,8H2,1-3H3. The smallest absolute Gasteiger partial charge is 0.137 e. The van der Waals surface area contributed by atoms with Gasteiger partial charge in [0, 0.05) is 18.4 Å². The lowest BCUT2D eigenvalue weighted by Crippen LogP contribution is -2.17.